The van der Waals surface area contributed by atoms with Gasteiger partial charge < -0.3 is 15.7 Å². The summed E-state index contributed by atoms with van der Waals surface area (Å²) in [6.07, 6.45) is -2.18. The summed E-state index contributed by atoms with van der Waals surface area (Å²) in [5.74, 6) is -0.350. The van der Waals surface area contributed by atoms with Crippen LogP contribution in [0.3, 0.4) is 0 Å². The van der Waals surface area contributed by atoms with Gasteiger partial charge in [-0.15, -0.1) is 0 Å². The van der Waals surface area contributed by atoms with Gasteiger partial charge in [0.05, 0.1) is 18.3 Å². The Morgan fingerprint density at radius 1 is 1.03 bits per heavy atom. The third kappa shape index (κ3) is 5.65. The first-order valence-electron chi connectivity index (χ1n) is 10.0. The molecule has 0 aliphatic rings. The van der Waals surface area contributed by atoms with E-state index in [9.17, 15) is 18.3 Å². The average Bonchev–Trinajstić information content (AvgIpc) is 3.36. The van der Waals surface area contributed by atoms with E-state index in [-0.39, 0.29) is 12.6 Å². The molecule has 1 aromatic carbocycles. The second-order valence-electron chi connectivity index (χ2n) is 7.16. The number of rotatable bonds is 8. The molecule has 4 aromatic rings. The first kappa shape index (κ1) is 22.7. The van der Waals surface area contributed by atoms with Crippen LogP contribution in [0.25, 0.3) is 11.3 Å². The van der Waals surface area contributed by atoms with Crippen LogP contribution in [0.5, 0.6) is 0 Å². The lowest BCUT2D eigenvalue weighted by atomic mass is 10.1. The minimum atomic E-state index is -4.64. The minimum Gasteiger partial charge on any atom is -0.394 e. The lowest BCUT2D eigenvalue weighted by molar-refractivity contribution is -0.137. The van der Waals surface area contributed by atoms with Crippen molar-refractivity contribution in [2.24, 2.45) is 0 Å². The zero-order valence-electron chi connectivity index (χ0n) is 17.3. The molecule has 3 heterocycles. The number of hydrogen-bond donors (Lipinski definition) is 3. The fourth-order valence-corrected chi connectivity index (χ4v) is 3.88. The largest absolute Gasteiger partial charge is 0.421 e. The van der Waals surface area contributed by atoms with Crippen LogP contribution < -0.4 is 10.6 Å². The summed E-state index contributed by atoms with van der Waals surface area (Å²) in [7, 11) is 0. The van der Waals surface area contributed by atoms with Gasteiger partial charge >= 0.3 is 6.18 Å². The summed E-state index contributed by atoms with van der Waals surface area (Å²) in [5, 5.41) is 18.9. The number of thiophene rings is 1. The summed E-state index contributed by atoms with van der Waals surface area (Å²) < 4.78 is 40.5. The fourth-order valence-electron chi connectivity index (χ4n) is 3.17. The SMILES string of the molecule is OC[C@H](Nc1nc(NCc2ccc(-c3ccccn3)cc2)ncc1C(F)(F)F)c1ccsc1. The predicted molar refractivity (Wildman–Crippen MR) is 122 cm³/mol. The number of nitrogens with one attached hydrogen (secondary N) is 2. The van der Waals surface area contributed by atoms with Gasteiger partial charge in [0.2, 0.25) is 5.95 Å². The third-order valence-corrected chi connectivity index (χ3v) is 5.60. The standard InChI is InChI=1S/C23H20F3N5OS/c24-23(25,26)18-12-29-22(31-21(18)30-20(13-32)17-8-10-33-14-17)28-11-15-4-6-16(7-5-15)19-3-1-2-9-27-19/h1-10,12,14,20,32H,11,13H2,(H2,28,29,30,31)/t20-/m0/s1. The van der Waals surface area contributed by atoms with Crippen molar-refractivity contribution in [2.75, 3.05) is 17.2 Å². The Balaban J connectivity index is 1.50. The molecular formula is C23H20F3N5OS. The Morgan fingerprint density at radius 3 is 2.48 bits per heavy atom. The van der Waals surface area contributed by atoms with E-state index in [1.165, 1.54) is 11.3 Å². The molecule has 0 unspecified atom stereocenters. The van der Waals surface area contributed by atoms with Crippen LogP contribution in [0, 0.1) is 0 Å². The molecule has 0 aliphatic heterocycles. The van der Waals surface area contributed by atoms with Gasteiger partial charge in [0.15, 0.2) is 0 Å². The van der Waals surface area contributed by atoms with Crippen LogP contribution in [0.15, 0.2) is 71.7 Å². The lowest BCUT2D eigenvalue weighted by Gasteiger charge is -2.20. The normalized spacial score (nSPS) is 12.4. The highest BCUT2D eigenvalue weighted by Crippen LogP contribution is 2.35. The van der Waals surface area contributed by atoms with Crippen molar-refractivity contribution in [1.82, 2.24) is 15.0 Å². The Morgan fingerprint density at radius 2 is 1.85 bits per heavy atom. The Hall–Kier alpha value is -3.50. The van der Waals surface area contributed by atoms with Crippen LogP contribution in [-0.4, -0.2) is 26.7 Å². The van der Waals surface area contributed by atoms with Gasteiger partial charge in [0, 0.05) is 24.5 Å². The van der Waals surface area contributed by atoms with Crippen molar-refractivity contribution in [2.45, 2.75) is 18.8 Å². The van der Waals surface area contributed by atoms with Gasteiger partial charge in [-0.3, -0.25) is 4.98 Å². The van der Waals surface area contributed by atoms with Crippen molar-refractivity contribution in [3.63, 3.8) is 0 Å². The Labute approximate surface area is 192 Å². The highest BCUT2D eigenvalue weighted by molar-refractivity contribution is 7.08. The van der Waals surface area contributed by atoms with Crippen molar-refractivity contribution in [1.29, 1.82) is 0 Å². The number of aromatic nitrogens is 3. The van der Waals surface area contributed by atoms with Crippen molar-refractivity contribution >= 4 is 23.1 Å². The molecule has 170 valence electrons. The van der Waals surface area contributed by atoms with E-state index in [1.54, 1.807) is 23.0 Å². The molecule has 0 radical (unpaired) electrons. The van der Waals surface area contributed by atoms with Gasteiger partial charge in [0.25, 0.3) is 0 Å². The molecule has 33 heavy (non-hydrogen) atoms. The number of aliphatic hydroxyl groups excluding tert-OH is 1. The fraction of sp³-hybridized carbons (Fsp3) is 0.174. The Kier molecular flexibility index (Phi) is 6.85. The zero-order chi connectivity index (χ0) is 23.3. The average molecular weight is 472 g/mol. The van der Waals surface area contributed by atoms with Crippen molar-refractivity contribution < 1.29 is 18.3 Å². The molecule has 0 saturated carbocycles. The van der Waals surface area contributed by atoms with E-state index in [0.29, 0.717) is 12.1 Å². The molecule has 6 nitrogen and oxygen atoms in total. The molecule has 3 aromatic heterocycles. The number of aliphatic hydroxyl groups is 1. The maximum atomic E-state index is 13.5. The van der Waals surface area contributed by atoms with Crippen LogP contribution in [-0.2, 0) is 12.7 Å². The molecule has 4 rings (SSSR count). The minimum absolute atomic E-state index is 0.0429. The third-order valence-electron chi connectivity index (χ3n) is 4.90. The first-order valence-corrected chi connectivity index (χ1v) is 11.0. The van der Waals surface area contributed by atoms with Crippen molar-refractivity contribution in [3.05, 3.63) is 88.4 Å². The summed E-state index contributed by atoms with van der Waals surface area (Å²) in [5.41, 5.74) is 2.39. The summed E-state index contributed by atoms with van der Waals surface area (Å²) in [6.45, 7) is -0.0648. The summed E-state index contributed by atoms with van der Waals surface area (Å²) >= 11 is 1.39. The van der Waals surface area contributed by atoms with E-state index in [4.69, 9.17) is 0 Å². The number of halogens is 3. The van der Waals surface area contributed by atoms with Crippen molar-refractivity contribution in [3.8, 4) is 11.3 Å². The maximum Gasteiger partial charge on any atom is 0.421 e. The molecule has 1 atom stereocenters. The molecule has 10 heteroatoms. The topological polar surface area (TPSA) is 83.0 Å². The highest BCUT2D eigenvalue weighted by Gasteiger charge is 2.36. The number of hydrogen-bond acceptors (Lipinski definition) is 7. The van der Waals surface area contributed by atoms with Gasteiger partial charge in [0.1, 0.15) is 11.4 Å². The van der Waals surface area contributed by atoms with E-state index < -0.39 is 23.6 Å². The van der Waals surface area contributed by atoms with E-state index >= 15 is 0 Å². The van der Waals surface area contributed by atoms with Gasteiger partial charge in [-0.2, -0.15) is 29.5 Å². The highest BCUT2D eigenvalue weighted by atomic mass is 32.1. The first-order chi connectivity index (χ1) is 15.9. The molecule has 0 amide bonds. The predicted octanol–water partition coefficient (Wildman–Crippen LogP) is 5.38. The lowest BCUT2D eigenvalue weighted by Crippen LogP contribution is -2.20. The smallest absolute Gasteiger partial charge is 0.394 e. The van der Waals surface area contributed by atoms with E-state index in [0.717, 1.165) is 23.0 Å². The van der Waals surface area contributed by atoms with Crippen LogP contribution >= 0.6 is 11.3 Å². The van der Waals surface area contributed by atoms with Crippen LogP contribution in [0.1, 0.15) is 22.7 Å². The number of nitrogens with zero attached hydrogens (tertiary/aromatic N) is 3. The molecule has 0 spiro atoms. The van der Waals surface area contributed by atoms with Crippen LogP contribution in [0.2, 0.25) is 0 Å². The molecule has 0 bridgehead atoms. The quantitative estimate of drug-likeness (QED) is 0.320. The second-order valence-corrected chi connectivity index (χ2v) is 7.94. The molecule has 3 N–H and O–H groups in total. The monoisotopic (exact) mass is 471 g/mol. The maximum absolute atomic E-state index is 13.5. The van der Waals surface area contributed by atoms with E-state index in [1.807, 2.05) is 42.5 Å². The van der Waals surface area contributed by atoms with Gasteiger partial charge in [-0.05, 0) is 40.1 Å². The van der Waals surface area contributed by atoms with E-state index in [2.05, 4.69) is 25.6 Å². The molecule has 0 aliphatic carbocycles. The number of pyridine rings is 1. The molecule has 0 fully saturated rings. The zero-order valence-corrected chi connectivity index (χ0v) is 18.1. The summed E-state index contributed by atoms with van der Waals surface area (Å²) in [4.78, 5) is 12.2. The van der Waals surface area contributed by atoms with Crippen LogP contribution in [0.4, 0.5) is 24.9 Å². The summed E-state index contributed by atoms with van der Waals surface area (Å²) in [6, 6.07) is 14.3. The number of alkyl halides is 3. The molecular weight excluding hydrogens is 451 g/mol. The second kappa shape index (κ2) is 9.97. The number of anilines is 2. The Bertz CT molecular complexity index is 1170. The van der Waals surface area contributed by atoms with Gasteiger partial charge in [-0.25, -0.2) is 4.98 Å². The molecule has 0 saturated heterocycles. The van der Waals surface area contributed by atoms with Gasteiger partial charge in [-0.1, -0.05) is 30.3 Å². The number of benzene rings is 1.